The molecule has 1 saturated carbocycles. The largest absolute Gasteiger partial charge is 0.408 e. The van der Waals surface area contributed by atoms with E-state index < -0.39 is 0 Å². The Morgan fingerprint density at radius 2 is 2.00 bits per heavy atom. The fraction of sp³-hybridized carbons (Fsp3) is 0.500. The number of anilines is 1. The molecule has 1 aliphatic heterocycles. The van der Waals surface area contributed by atoms with Crippen LogP contribution in [0.3, 0.4) is 0 Å². The van der Waals surface area contributed by atoms with Crippen LogP contribution in [-0.2, 0) is 4.74 Å². The first-order chi connectivity index (χ1) is 11.2. The average molecular weight is 354 g/mol. The smallest absolute Gasteiger partial charge is 0.318 e. The molecule has 122 valence electrons. The molecule has 2 fully saturated rings. The van der Waals surface area contributed by atoms with E-state index in [1.807, 2.05) is 12.1 Å². The first-order valence-corrected chi connectivity index (χ1v) is 8.61. The van der Waals surface area contributed by atoms with E-state index in [1.54, 1.807) is 6.07 Å². The van der Waals surface area contributed by atoms with Gasteiger partial charge >= 0.3 is 6.01 Å². The Labute approximate surface area is 144 Å². The van der Waals surface area contributed by atoms with Crippen LogP contribution in [0.2, 0.25) is 10.0 Å². The zero-order valence-electron chi connectivity index (χ0n) is 12.5. The molecular formula is C16H17Cl2N3O2. The summed E-state index contributed by atoms with van der Waals surface area (Å²) in [5, 5.41) is 9.49. The van der Waals surface area contributed by atoms with E-state index in [2.05, 4.69) is 15.1 Å². The van der Waals surface area contributed by atoms with Crippen molar-refractivity contribution >= 4 is 29.2 Å². The monoisotopic (exact) mass is 353 g/mol. The summed E-state index contributed by atoms with van der Waals surface area (Å²) in [6, 6.07) is 6.17. The standard InChI is InChI=1S/C16H17Cl2N3O2/c17-12-5-4-11(8-13(12)18)14-9-21(6-7-22-14)16-20-19-15(23-16)10-2-1-3-10/h4-5,8,10,14H,1-3,6-7,9H2/t14-/m0/s1. The van der Waals surface area contributed by atoms with E-state index in [9.17, 15) is 0 Å². The summed E-state index contributed by atoms with van der Waals surface area (Å²) in [7, 11) is 0. The highest BCUT2D eigenvalue weighted by Crippen LogP contribution is 2.37. The quantitative estimate of drug-likeness (QED) is 0.826. The number of aromatic nitrogens is 2. The Bertz CT molecular complexity index is 702. The van der Waals surface area contributed by atoms with Crippen LogP contribution < -0.4 is 4.90 Å². The van der Waals surface area contributed by atoms with E-state index in [1.165, 1.54) is 6.42 Å². The van der Waals surface area contributed by atoms with Gasteiger partial charge in [-0.1, -0.05) is 40.8 Å². The highest BCUT2D eigenvalue weighted by Gasteiger charge is 2.29. The molecule has 2 heterocycles. The Morgan fingerprint density at radius 1 is 1.13 bits per heavy atom. The van der Waals surface area contributed by atoms with E-state index in [4.69, 9.17) is 32.4 Å². The molecule has 2 aromatic rings. The third-order valence-electron chi connectivity index (χ3n) is 4.54. The van der Waals surface area contributed by atoms with Crippen LogP contribution in [0.1, 0.15) is 42.7 Å². The lowest BCUT2D eigenvalue weighted by Crippen LogP contribution is -2.38. The van der Waals surface area contributed by atoms with Crippen molar-refractivity contribution in [3.8, 4) is 0 Å². The summed E-state index contributed by atoms with van der Waals surface area (Å²) >= 11 is 12.1. The zero-order valence-corrected chi connectivity index (χ0v) is 14.1. The van der Waals surface area contributed by atoms with Gasteiger partial charge in [0.15, 0.2) is 0 Å². The summed E-state index contributed by atoms with van der Waals surface area (Å²) in [4.78, 5) is 2.08. The van der Waals surface area contributed by atoms with Crippen LogP contribution >= 0.6 is 23.2 Å². The highest BCUT2D eigenvalue weighted by atomic mass is 35.5. The molecule has 0 N–H and O–H groups in total. The number of nitrogens with zero attached hydrogens (tertiary/aromatic N) is 3. The van der Waals surface area contributed by atoms with Crippen LogP contribution in [0.4, 0.5) is 6.01 Å². The number of rotatable bonds is 3. The minimum atomic E-state index is -0.0856. The second-order valence-electron chi connectivity index (χ2n) is 6.03. The predicted octanol–water partition coefficient (Wildman–Crippen LogP) is 4.22. The summed E-state index contributed by atoms with van der Waals surface area (Å²) in [6.07, 6.45) is 3.46. The molecule has 1 aromatic heterocycles. The molecule has 23 heavy (non-hydrogen) atoms. The molecule has 1 aliphatic carbocycles. The van der Waals surface area contributed by atoms with Crippen molar-refractivity contribution in [3.63, 3.8) is 0 Å². The second-order valence-corrected chi connectivity index (χ2v) is 6.84. The van der Waals surface area contributed by atoms with Gasteiger partial charge in [0, 0.05) is 12.5 Å². The van der Waals surface area contributed by atoms with Gasteiger partial charge in [0.05, 0.1) is 23.2 Å². The van der Waals surface area contributed by atoms with Crippen LogP contribution in [0.5, 0.6) is 0 Å². The van der Waals surface area contributed by atoms with E-state index in [0.717, 1.165) is 30.8 Å². The van der Waals surface area contributed by atoms with Gasteiger partial charge in [-0.25, -0.2) is 0 Å². The molecule has 5 nitrogen and oxygen atoms in total. The maximum Gasteiger partial charge on any atom is 0.318 e. The van der Waals surface area contributed by atoms with E-state index >= 15 is 0 Å². The average Bonchev–Trinajstić information content (AvgIpc) is 2.98. The Kier molecular flexibility index (Phi) is 4.18. The number of ether oxygens (including phenoxy) is 1. The van der Waals surface area contributed by atoms with Crippen molar-refractivity contribution in [2.45, 2.75) is 31.3 Å². The van der Waals surface area contributed by atoms with E-state index in [-0.39, 0.29) is 6.10 Å². The lowest BCUT2D eigenvalue weighted by molar-refractivity contribution is 0.0379. The molecule has 2 aliphatic rings. The maximum atomic E-state index is 6.11. The molecule has 0 unspecified atom stereocenters. The molecular weight excluding hydrogens is 337 g/mol. The molecule has 0 radical (unpaired) electrons. The summed E-state index contributed by atoms with van der Waals surface area (Å²) in [5.41, 5.74) is 1.00. The molecule has 4 rings (SSSR count). The topological polar surface area (TPSA) is 51.4 Å². The van der Waals surface area contributed by atoms with Gasteiger partial charge < -0.3 is 14.1 Å². The molecule has 1 atom stereocenters. The van der Waals surface area contributed by atoms with Crippen molar-refractivity contribution in [2.24, 2.45) is 0 Å². The van der Waals surface area contributed by atoms with Crippen LogP contribution in [0, 0.1) is 0 Å². The third-order valence-corrected chi connectivity index (χ3v) is 5.28. The normalized spacial score (nSPS) is 22.2. The van der Waals surface area contributed by atoms with Crippen LogP contribution in [0.25, 0.3) is 0 Å². The molecule has 0 amide bonds. The predicted molar refractivity (Wildman–Crippen MR) is 88.3 cm³/mol. The van der Waals surface area contributed by atoms with Gasteiger partial charge in [-0.05, 0) is 30.5 Å². The van der Waals surface area contributed by atoms with Crippen LogP contribution in [0.15, 0.2) is 22.6 Å². The van der Waals surface area contributed by atoms with Crippen molar-refractivity contribution in [1.29, 1.82) is 0 Å². The van der Waals surface area contributed by atoms with Crippen molar-refractivity contribution in [1.82, 2.24) is 10.2 Å². The molecule has 1 saturated heterocycles. The lowest BCUT2D eigenvalue weighted by atomic mass is 9.85. The molecule has 1 aromatic carbocycles. The third kappa shape index (κ3) is 3.05. The Hall–Kier alpha value is -1.30. The SMILES string of the molecule is Clc1ccc([C@@H]2CN(c3nnc(C4CCC4)o3)CCO2)cc1Cl. The number of benzene rings is 1. The van der Waals surface area contributed by atoms with E-state index in [0.29, 0.717) is 35.1 Å². The fourth-order valence-corrected chi connectivity index (χ4v) is 3.22. The van der Waals surface area contributed by atoms with Gasteiger partial charge in [-0.2, -0.15) is 0 Å². The first-order valence-electron chi connectivity index (χ1n) is 7.85. The number of hydrogen-bond acceptors (Lipinski definition) is 5. The van der Waals surface area contributed by atoms with Crippen molar-refractivity contribution in [3.05, 3.63) is 39.7 Å². The highest BCUT2D eigenvalue weighted by molar-refractivity contribution is 6.42. The minimum absolute atomic E-state index is 0.0856. The number of halogens is 2. The Morgan fingerprint density at radius 3 is 2.74 bits per heavy atom. The Balaban J connectivity index is 1.49. The fourth-order valence-electron chi connectivity index (χ4n) is 2.91. The van der Waals surface area contributed by atoms with Crippen LogP contribution in [-0.4, -0.2) is 29.9 Å². The summed E-state index contributed by atoms with van der Waals surface area (Å²) < 4.78 is 11.7. The van der Waals surface area contributed by atoms with Gasteiger partial charge in [0.25, 0.3) is 0 Å². The summed E-state index contributed by atoms with van der Waals surface area (Å²) in [5.74, 6) is 1.21. The number of morpholine rings is 1. The maximum absolute atomic E-state index is 6.11. The first kappa shape index (κ1) is 15.2. The minimum Gasteiger partial charge on any atom is -0.408 e. The van der Waals surface area contributed by atoms with Gasteiger partial charge in [0.1, 0.15) is 6.10 Å². The summed E-state index contributed by atoms with van der Waals surface area (Å²) in [6.45, 7) is 2.00. The van der Waals surface area contributed by atoms with Crippen molar-refractivity contribution in [2.75, 3.05) is 24.6 Å². The van der Waals surface area contributed by atoms with Crippen molar-refractivity contribution < 1.29 is 9.15 Å². The molecule has 0 spiro atoms. The zero-order chi connectivity index (χ0) is 15.8. The van der Waals surface area contributed by atoms with Gasteiger partial charge in [-0.3, -0.25) is 0 Å². The lowest BCUT2D eigenvalue weighted by Gasteiger charge is -2.32. The molecule has 0 bridgehead atoms. The molecule has 7 heteroatoms. The second kappa shape index (κ2) is 6.30. The van der Waals surface area contributed by atoms with Gasteiger partial charge in [-0.15, -0.1) is 5.10 Å². The van der Waals surface area contributed by atoms with Gasteiger partial charge in [0.2, 0.25) is 5.89 Å². The number of hydrogen-bond donors (Lipinski definition) is 0.